The molecule has 0 fully saturated rings. The highest BCUT2D eigenvalue weighted by atomic mass is 14.5. The van der Waals surface area contributed by atoms with Crippen LogP contribution in [-0.2, 0) is 0 Å². The minimum absolute atomic E-state index is 0.650. The molecule has 0 aliphatic heterocycles. The molecule has 2 N–H and O–H groups in total. The van der Waals surface area contributed by atoms with Gasteiger partial charge in [0.2, 0.25) is 0 Å². The van der Waals surface area contributed by atoms with Crippen molar-refractivity contribution in [3.05, 3.63) is 0 Å². The summed E-state index contributed by atoms with van der Waals surface area (Å²) >= 11 is 0. The summed E-state index contributed by atoms with van der Waals surface area (Å²) in [4.78, 5) is 0. The number of unbranched alkanes of at least 4 members (excludes halogenated alkanes) is 3. The lowest BCUT2D eigenvalue weighted by molar-refractivity contribution is 0.501. The van der Waals surface area contributed by atoms with E-state index < -0.39 is 0 Å². The molecule has 0 rings (SSSR count). The van der Waals surface area contributed by atoms with Crippen LogP contribution in [0.2, 0.25) is 0 Å². The second-order valence-electron chi connectivity index (χ2n) is 3.10. The molecule has 2 heteroatoms. The van der Waals surface area contributed by atoms with E-state index in [0.717, 1.165) is 13.0 Å². The Morgan fingerprint density at radius 2 is 2.09 bits per heavy atom. The van der Waals surface area contributed by atoms with Crippen molar-refractivity contribution in [2.75, 3.05) is 6.54 Å². The molecule has 0 bridgehead atoms. The van der Waals surface area contributed by atoms with Crippen LogP contribution in [-0.4, -0.2) is 6.54 Å². The van der Waals surface area contributed by atoms with E-state index in [1.54, 1.807) is 0 Å². The monoisotopic (exact) mass is 154 g/mol. The molecular formula is C9H18N2. The van der Waals surface area contributed by atoms with Crippen molar-refractivity contribution in [1.82, 2.24) is 0 Å². The van der Waals surface area contributed by atoms with Crippen LogP contribution >= 0.6 is 0 Å². The first-order chi connectivity index (χ1) is 5.31. The Hall–Kier alpha value is -0.550. The van der Waals surface area contributed by atoms with E-state index in [0.29, 0.717) is 12.3 Å². The van der Waals surface area contributed by atoms with Crippen molar-refractivity contribution in [1.29, 1.82) is 5.26 Å². The van der Waals surface area contributed by atoms with E-state index in [4.69, 9.17) is 11.0 Å². The molecule has 0 saturated carbocycles. The van der Waals surface area contributed by atoms with Crippen LogP contribution in [0.1, 0.15) is 39.0 Å². The van der Waals surface area contributed by atoms with Gasteiger partial charge in [0.05, 0.1) is 6.07 Å². The number of nitrogens with zero attached hydrogens (tertiary/aromatic N) is 1. The SMILES string of the molecule is C[C@H](CN)CCCCCC#N. The van der Waals surface area contributed by atoms with E-state index in [2.05, 4.69) is 13.0 Å². The lowest BCUT2D eigenvalue weighted by Gasteiger charge is -2.05. The minimum atomic E-state index is 0.650. The second kappa shape index (κ2) is 7.56. The first-order valence-corrected chi connectivity index (χ1v) is 4.38. The molecule has 2 nitrogen and oxygen atoms in total. The number of hydrogen-bond acceptors (Lipinski definition) is 2. The molecule has 0 unspecified atom stereocenters. The zero-order chi connectivity index (χ0) is 8.53. The zero-order valence-electron chi connectivity index (χ0n) is 7.34. The summed E-state index contributed by atoms with van der Waals surface area (Å²) in [7, 11) is 0. The van der Waals surface area contributed by atoms with Gasteiger partial charge in [0.1, 0.15) is 0 Å². The molecule has 1 atom stereocenters. The van der Waals surface area contributed by atoms with E-state index in [1.807, 2.05) is 0 Å². The maximum atomic E-state index is 8.25. The third-order valence-electron chi connectivity index (χ3n) is 1.89. The van der Waals surface area contributed by atoms with Gasteiger partial charge in [-0.05, 0) is 25.3 Å². The molecule has 0 aliphatic carbocycles. The Bertz CT molecular complexity index is 115. The normalized spacial score (nSPS) is 12.5. The Morgan fingerprint density at radius 1 is 1.36 bits per heavy atom. The van der Waals surface area contributed by atoms with E-state index >= 15 is 0 Å². The van der Waals surface area contributed by atoms with Crippen molar-refractivity contribution < 1.29 is 0 Å². The average Bonchev–Trinajstić information content (AvgIpc) is 2.04. The van der Waals surface area contributed by atoms with E-state index in [9.17, 15) is 0 Å². The molecule has 64 valence electrons. The second-order valence-corrected chi connectivity index (χ2v) is 3.10. The number of hydrogen-bond donors (Lipinski definition) is 1. The fourth-order valence-corrected chi connectivity index (χ4v) is 0.991. The predicted octanol–water partition coefficient (Wildman–Crippen LogP) is 2.06. The van der Waals surface area contributed by atoms with Gasteiger partial charge in [-0.1, -0.05) is 19.8 Å². The summed E-state index contributed by atoms with van der Waals surface area (Å²) < 4.78 is 0. The molecule has 0 aromatic rings. The highest BCUT2D eigenvalue weighted by Crippen LogP contribution is 2.08. The molecular weight excluding hydrogens is 136 g/mol. The van der Waals surface area contributed by atoms with Crippen molar-refractivity contribution >= 4 is 0 Å². The summed E-state index contributed by atoms with van der Waals surface area (Å²) in [6.07, 6.45) is 5.37. The maximum absolute atomic E-state index is 8.25. The number of nitriles is 1. The molecule has 0 aliphatic rings. The van der Waals surface area contributed by atoms with Crippen LogP contribution < -0.4 is 5.73 Å². The lowest BCUT2D eigenvalue weighted by Crippen LogP contribution is -2.10. The highest BCUT2D eigenvalue weighted by Gasteiger charge is 1.97. The zero-order valence-corrected chi connectivity index (χ0v) is 7.34. The molecule has 0 aromatic carbocycles. The predicted molar refractivity (Wildman–Crippen MR) is 46.9 cm³/mol. The van der Waals surface area contributed by atoms with Crippen LogP contribution in [0.4, 0.5) is 0 Å². The summed E-state index contributed by atoms with van der Waals surface area (Å²) in [6, 6.07) is 2.15. The van der Waals surface area contributed by atoms with Gasteiger partial charge < -0.3 is 5.73 Å². The quantitative estimate of drug-likeness (QED) is 0.595. The standard InChI is InChI=1S/C9H18N2/c1-9(8-11)6-4-2-3-5-7-10/h9H,2-6,8,11H2,1H3/t9-/m0/s1. The Kier molecular flexibility index (Phi) is 7.18. The Labute approximate surface area is 69.4 Å². The van der Waals surface area contributed by atoms with Gasteiger partial charge in [0.15, 0.2) is 0 Å². The fourth-order valence-electron chi connectivity index (χ4n) is 0.991. The molecule has 0 amide bonds. The topological polar surface area (TPSA) is 49.8 Å². The van der Waals surface area contributed by atoms with Gasteiger partial charge in [0.25, 0.3) is 0 Å². The Balaban J connectivity index is 2.97. The molecule has 0 heterocycles. The van der Waals surface area contributed by atoms with Crippen molar-refractivity contribution in [3.8, 4) is 6.07 Å². The van der Waals surface area contributed by atoms with Crippen molar-refractivity contribution in [2.24, 2.45) is 11.7 Å². The van der Waals surface area contributed by atoms with Gasteiger partial charge in [0, 0.05) is 6.42 Å². The Morgan fingerprint density at radius 3 is 2.64 bits per heavy atom. The van der Waals surface area contributed by atoms with Gasteiger partial charge in [-0.2, -0.15) is 5.26 Å². The summed E-state index contributed by atoms with van der Waals surface area (Å²) in [5.41, 5.74) is 5.46. The summed E-state index contributed by atoms with van der Waals surface area (Å²) in [5.74, 6) is 0.650. The van der Waals surface area contributed by atoms with E-state index in [1.165, 1.54) is 19.3 Å². The summed E-state index contributed by atoms with van der Waals surface area (Å²) in [5, 5.41) is 8.25. The lowest BCUT2D eigenvalue weighted by atomic mass is 10.0. The van der Waals surface area contributed by atoms with Gasteiger partial charge in [-0.25, -0.2) is 0 Å². The van der Waals surface area contributed by atoms with Gasteiger partial charge in [-0.15, -0.1) is 0 Å². The minimum Gasteiger partial charge on any atom is -0.330 e. The number of rotatable bonds is 6. The van der Waals surface area contributed by atoms with E-state index in [-0.39, 0.29) is 0 Å². The molecule has 0 radical (unpaired) electrons. The maximum Gasteiger partial charge on any atom is 0.0621 e. The smallest absolute Gasteiger partial charge is 0.0621 e. The molecule has 0 spiro atoms. The fraction of sp³-hybridized carbons (Fsp3) is 0.889. The third-order valence-corrected chi connectivity index (χ3v) is 1.89. The largest absolute Gasteiger partial charge is 0.330 e. The summed E-state index contributed by atoms with van der Waals surface area (Å²) in [6.45, 7) is 2.96. The van der Waals surface area contributed by atoms with Crippen LogP contribution in [0.25, 0.3) is 0 Å². The first-order valence-electron chi connectivity index (χ1n) is 4.38. The molecule has 11 heavy (non-hydrogen) atoms. The molecule has 0 aromatic heterocycles. The van der Waals surface area contributed by atoms with Crippen molar-refractivity contribution in [2.45, 2.75) is 39.0 Å². The van der Waals surface area contributed by atoms with Crippen LogP contribution in [0.5, 0.6) is 0 Å². The van der Waals surface area contributed by atoms with Crippen LogP contribution in [0.15, 0.2) is 0 Å². The van der Waals surface area contributed by atoms with Crippen LogP contribution in [0.3, 0.4) is 0 Å². The highest BCUT2D eigenvalue weighted by molar-refractivity contribution is 4.68. The average molecular weight is 154 g/mol. The van der Waals surface area contributed by atoms with Crippen LogP contribution in [0, 0.1) is 17.2 Å². The number of nitrogens with two attached hydrogens (primary N) is 1. The van der Waals surface area contributed by atoms with Crippen molar-refractivity contribution in [3.63, 3.8) is 0 Å². The first kappa shape index (κ1) is 10.4. The molecule has 0 saturated heterocycles. The van der Waals surface area contributed by atoms with Gasteiger partial charge in [-0.3, -0.25) is 0 Å². The van der Waals surface area contributed by atoms with Gasteiger partial charge >= 0.3 is 0 Å². The third kappa shape index (κ3) is 7.35.